The summed E-state index contributed by atoms with van der Waals surface area (Å²) in [6, 6.07) is 20.1. The molecule has 0 heterocycles. The maximum Gasteiger partial charge on any atom is 0.264 e. The Kier molecular flexibility index (Phi) is 8.93. The fourth-order valence-electron chi connectivity index (χ4n) is 3.82. The Morgan fingerprint density at radius 1 is 0.943 bits per heavy atom. The Hall–Kier alpha value is -3.32. The molecule has 1 amide bonds. The lowest BCUT2D eigenvalue weighted by Gasteiger charge is -2.26. The van der Waals surface area contributed by atoms with E-state index < -0.39 is 10.0 Å². The zero-order chi connectivity index (χ0) is 25.4. The number of anilines is 1. The number of nitrogens with zero attached hydrogens (tertiary/aromatic N) is 1. The van der Waals surface area contributed by atoms with Gasteiger partial charge in [0.2, 0.25) is 5.91 Å². The summed E-state index contributed by atoms with van der Waals surface area (Å²) in [4.78, 5) is 13.1. The quantitative estimate of drug-likeness (QED) is 0.383. The molecule has 0 aromatic heterocycles. The van der Waals surface area contributed by atoms with Crippen molar-refractivity contribution < 1.29 is 17.9 Å². The van der Waals surface area contributed by atoms with E-state index in [1.165, 1.54) is 4.31 Å². The zero-order valence-corrected chi connectivity index (χ0v) is 21.7. The summed E-state index contributed by atoms with van der Waals surface area (Å²) < 4.78 is 34.1. The summed E-state index contributed by atoms with van der Waals surface area (Å²) in [5.74, 6) is 0.506. The van der Waals surface area contributed by atoms with Gasteiger partial charge in [-0.25, -0.2) is 8.42 Å². The van der Waals surface area contributed by atoms with Crippen LogP contribution in [-0.2, 0) is 21.2 Å². The lowest BCUT2D eigenvalue weighted by molar-refractivity contribution is -0.119. The van der Waals surface area contributed by atoms with E-state index in [2.05, 4.69) is 5.32 Å². The van der Waals surface area contributed by atoms with Crippen LogP contribution >= 0.6 is 0 Å². The molecular formula is C28H34N2O4S. The van der Waals surface area contributed by atoms with Gasteiger partial charge in [0, 0.05) is 6.54 Å². The van der Waals surface area contributed by atoms with Crippen molar-refractivity contribution in [2.75, 3.05) is 24.0 Å². The van der Waals surface area contributed by atoms with Crippen LogP contribution in [0.1, 0.15) is 35.6 Å². The number of ether oxygens (including phenoxy) is 1. The smallest absolute Gasteiger partial charge is 0.264 e. The van der Waals surface area contributed by atoms with E-state index in [1.807, 2.05) is 64.1 Å². The molecule has 186 valence electrons. The van der Waals surface area contributed by atoms with Gasteiger partial charge in [-0.05, 0) is 81.5 Å². The monoisotopic (exact) mass is 494 g/mol. The summed E-state index contributed by atoms with van der Waals surface area (Å²) >= 11 is 0. The number of carbonyl (C=O) groups excluding carboxylic acids is 1. The molecule has 3 rings (SSSR count). The lowest BCUT2D eigenvalue weighted by Crippen LogP contribution is -2.41. The number of hydrogen-bond donors (Lipinski definition) is 1. The van der Waals surface area contributed by atoms with Gasteiger partial charge in [-0.15, -0.1) is 0 Å². The number of sulfonamides is 1. The fourth-order valence-corrected chi connectivity index (χ4v) is 5.30. The van der Waals surface area contributed by atoms with Gasteiger partial charge < -0.3 is 10.1 Å². The van der Waals surface area contributed by atoms with Crippen LogP contribution in [-0.4, -0.2) is 34.0 Å². The zero-order valence-electron chi connectivity index (χ0n) is 20.9. The van der Waals surface area contributed by atoms with Crippen LogP contribution in [0.15, 0.2) is 71.6 Å². The average Bonchev–Trinajstić information content (AvgIpc) is 2.83. The largest absolute Gasteiger partial charge is 0.494 e. The average molecular weight is 495 g/mol. The Balaban J connectivity index is 1.74. The Morgan fingerprint density at radius 3 is 2.34 bits per heavy atom. The van der Waals surface area contributed by atoms with E-state index in [0.717, 1.165) is 34.4 Å². The first-order valence-electron chi connectivity index (χ1n) is 11.9. The Morgan fingerprint density at radius 2 is 1.63 bits per heavy atom. The molecule has 0 fully saturated rings. The molecule has 0 aliphatic carbocycles. The number of amides is 1. The van der Waals surface area contributed by atoms with Crippen LogP contribution < -0.4 is 14.4 Å². The molecule has 0 spiro atoms. The van der Waals surface area contributed by atoms with Crippen molar-refractivity contribution in [3.05, 3.63) is 89.0 Å². The summed E-state index contributed by atoms with van der Waals surface area (Å²) in [6.45, 7) is 8.33. The number of carbonyl (C=O) groups is 1. The number of rotatable bonds is 11. The molecule has 0 atom stereocenters. The minimum atomic E-state index is -3.93. The van der Waals surface area contributed by atoms with E-state index in [1.54, 1.807) is 30.3 Å². The van der Waals surface area contributed by atoms with Crippen molar-refractivity contribution in [2.24, 2.45) is 0 Å². The van der Waals surface area contributed by atoms with Gasteiger partial charge in [0.05, 0.1) is 17.2 Å². The first kappa shape index (κ1) is 26.3. The molecule has 0 saturated carbocycles. The van der Waals surface area contributed by atoms with Crippen LogP contribution in [0.25, 0.3) is 0 Å². The van der Waals surface area contributed by atoms with Gasteiger partial charge in [0.25, 0.3) is 10.0 Å². The summed E-state index contributed by atoms with van der Waals surface area (Å²) in [5, 5.41) is 2.89. The highest BCUT2D eigenvalue weighted by Crippen LogP contribution is 2.28. The van der Waals surface area contributed by atoms with E-state index in [4.69, 9.17) is 4.74 Å². The van der Waals surface area contributed by atoms with Crippen molar-refractivity contribution in [1.82, 2.24) is 5.32 Å². The number of nitrogens with one attached hydrogen (secondary N) is 1. The lowest BCUT2D eigenvalue weighted by atomic mass is 10.1. The van der Waals surface area contributed by atoms with Crippen molar-refractivity contribution in [1.29, 1.82) is 0 Å². The summed E-state index contributed by atoms with van der Waals surface area (Å²) in [5.41, 5.74) is 4.26. The van der Waals surface area contributed by atoms with Crippen molar-refractivity contribution in [3.63, 3.8) is 0 Å². The third kappa shape index (κ3) is 6.85. The second-order valence-corrected chi connectivity index (χ2v) is 10.5. The van der Waals surface area contributed by atoms with Crippen LogP contribution in [0.4, 0.5) is 5.69 Å². The van der Waals surface area contributed by atoms with Gasteiger partial charge >= 0.3 is 0 Å². The van der Waals surface area contributed by atoms with Crippen LogP contribution in [0.2, 0.25) is 0 Å². The van der Waals surface area contributed by atoms with Gasteiger partial charge in [0.1, 0.15) is 12.3 Å². The van der Waals surface area contributed by atoms with Gasteiger partial charge in [-0.2, -0.15) is 0 Å². The molecule has 35 heavy (non-hydrogen) atoms. The Labute approximate surface area is 209 Å². The topological polar surface area (TPSA) is 75.7 Å². The maximum atomic E-state index is 13.6. The standard InChI is InChI=1S/C28H34N2O4S/c1-5-34-27-11-7-6-9-24(27)10-8-18-29-28(31)20-30(26-19-22(3)12-15-23(26)4)35(32,33)25-16-13-21(2)14-17-25/h6-7,9,11-17,19H,5,8,10,18,20H2,1-4H3,(H,29,31). The highest BCUT2D eigenvalue weighted by molar-refractivity contribution is 7.92. The van der Waals surface area contributed by atoms with Crippen LogP contribution in [0, 0.1) is 20.8 Å². The third-order valence-corrected chi connectivity index (χ3v) is 7.52. The minimum absolute atomic E-state index is 0.157. The molecule has 3 aromatic carbocycles. The van der Waals surface area contributed by atoms with E-state index in [0.29, 0.717) is 25.3 Å². The highest BCUT2D eigenvalue weighted by Gasteiger charge is 2.28. The van der Waals surface area contributed by atoms with E-state index >= 15 is 0 Å². The number of hydrogen-bond acceptors (Lipinski definition) is 4. The SMILES string of the molecule is CCOc1ccccc1CCCNC(=O)CN(c1cc(C)ccc1C)S(=O)(=O)c1ccc(C)cc1. The first-order valence-corrected chi connectivity index (χ1v) is 13.3. The van der Waals surface area contributed by atoms with Gasteiger partial charge in [0.15, 0.2) is 0 Å². The molecule has 1 N–H and O–H groups in total. The summed E-state index contributed by atoms with van der Waals surface area (Å²) in [7, 11) is -3.93. The fraction of sp³-hybridized carbons (Fsp3) is 0.321. The van der Waals surface area contributed by atoms with E-state index in [9.17, 15) is 13.2 Å². The highest BCUT2D eigenvalue weighted by atomic mass is 32.2. The maximum absolute atomic E-state index is 13.6. The van der Waals surface area contributed by atoms with Crippen molar-refractivity contribution >= 4 is 21.6 Å². The van der Waals surface area contributed by atoms with Crippen molar-refractivity contribution in [3.8, 4) is 5.75 Å². The molecule has 0 radical (unpaired) electrons. The molecule has 0 aliphatic rings. The van der Waals surface area contributed by atoms with E-state index in [-0.39, 0.29) is 17.3 Å². The number of aryl methyl sites for hydroxylation is 4. The second-order valence-electron chi connectivity index (χ2n) is 8.61. The predicted molar refractivity (Wildman–Crippen MR) is 141 cm³/mol. The molecule has 0 aliphatic heterocycles. The number of para-hydroxylation sites is 1. The summed E-state index contributed by atoms with van der Waals surface area (Å²) in [6.07, 6.45) is 1.46. The molecule has 6 nitrogen and oxygen atoms in total. The number of benzene rings is 3. The minimum Gasteiger partial charge on any atom is -0.494 e. The van der Waals surface area contributed by atoms with Gasteiger partial charge in [-0.3, -0.25) is 9.10 Å². The molecule has 0 bridgehead atoms. The van der Waals surface area contributed by atoms with Gasteiger partial charge in [-0.1, -0.05) is 48.0 Å². The van der Waals surface area contributed by atoms with Crippen molar-refractivity contribution in [2.45, 2.75) is 45.4 Å². The third-order valence-electron chi connectivity index (χ3n) is 5.75. The van der Waals surface area contributed by atoms with Crippen LogP contribution in [0.3, 0.4) is 0 Å². The first-order chi connectivity index (χ1) is 16.7. The Bertz CT molecular complexity index is 1250. The predicted octanol–water partition coefficient (Wildman–Crippen LogP) is 4.95. The molecule has 0 unspecified atom stereocenters. The molecule has 0 saturated heterocycles. The normalized spacial score (nSPS) is 11.2. The van der Waals surface area contributed by atoms with Crippen LogP contribution in [0.5, 0.6) is 5.75 Å². The molecule has 7 heteroatoms. The molecule has 3 aromatic rings. The second kappa shape index (κ2) is 11.9. The molecular weight excluding hydrogens is 460 g/mol.